The van der Waals surface area contributed by atoms with Gasteiger partial charge < -0.3 is 5.11 Å². The van der Waals surface area contributed by atoms with Gasteiger partial charge in [-0.15, -0.1) is 0 Å². The van der Waals surface area contributed by atoms with E-state index in [4.69, 9.17) is 5.26 Å². The van der Waals surface area contributed by atoms with Crippen molar-refractivity contribution in [3.05, 3.63) is 59.2 Å². The van der Waals surface area contributed by atoms with Crippen LogP contribution in [0.25, 0.3) is 0 Å². The van der Waals surface area contributed by atoms with Crippen LogP contribution in [0.2, 0.25) is 0 Å². The Morgan fingerprint density at radius 2 is 2.09 bits per heavy atom. The van der Waals surface area contributed by atoms with Crippen LogP contribution in [0, 0.1) is 17.2 Å². The van der Waals surface area contributed by atoms with E-state index >= 15 is 0 Å². The summed E-state index contributed by atoms with van der Waals surface area (Å²) in [6.45, 7) is 5.96. The van der Waals surface area contributed by atoms with Crippen molar-refractivity contribution in [1.29, 1.82) is 5.26 Å². The van der Waals surface area contributed by atoms with Crippen molar-refractivity contribution >= 4 is 0 Å². The van der Waals surface area contributed by atoms with Crippen LogP contribution < -0.4 is 0 Å². The van der Waals surface area contributed by atoms with E-state index in [1.165, 1.54) is 5.56 Å². The maximum Gasteiger partial charge on any atom is 0.133 e. The molecule has 3 heteroatoms. The van der Waals surface area contributed by atoms with Gasteiger partial charge in [-0.1, -0.05) is 44.2 Å². The number of hydrogen-bond donors (Lipinski definition) is 1. The average Bonchev–Trinajstić information content (AvgIpc) is 2.59. The van der Waals surface area contributed by atoms with Crippen molar-refractivity contribution < 1.29 is 5.11 Å². The molecule has 0 radical (unpaired) electrons. The average molecular weight is 310 g/mol. The smallest absolute Gasteiger partial charge is 0.133 e. The van der Waals surface area contributed by atoms with Gasteiger partial charge in [0.1, 0.15) is 6.23 Å². The van der Waals surface area contributed by atoms with Crippen molar-refractivity contribution in [2.45, 2.75) is 39.3 Å². The van der Waals surface area contributed by atoms with E-state index in [0.29, 0.717) is 11.5 Å². The molecule has 0 saturated carbocycles. The minimum atomic E-state index is -0.510. The first kappa shape index (κ1) is 17.5. The van der Waals surface area contributed by atoms with Gasteiger partial charge in [0.2, 0.25) is 0 Å². The predicted molar refractivity (Wildman–Crippen MR) is 93.7 cm³/mol. The minimum absolute atomic E-state index is 0.510. The van der Waals surface area contributed by atoms with E-state index in [-0.39, 0.29) is 0 Å². The fourth-order valence-electron chi connectivity index (χ4n) is 2.83. The number of hydrogen-bond acceptors (Lipinski definition) is 3. The zero-order valence-corrected chi connectivity index (χ0v) is 14.1. The molecule has 1 aliphatic carbocycles. The van der Waals surface area contributed by atoms with Gasteiger partial charge in [0, 0.05) is 6.54 Å². The van der Waals surface area contributed by atoms with Gasteiger partial charge >= 0.3 is 0 Å². The molecule has 23 heavy (non-hydrogen) atoms. The Bertz CT molecular complexity index is 595. The molecule has 0 bridgehead atoms. The van der Waals surface area contributed by atoms with E-state index in [9.17, 15) is 5.11 Å². The normalized spacial score (nSPS) is 18.6. The molecule has 0 heterocycles. The third kappa shape index (κ3) is 5.06. The Kier molecular flexibility index (Phi) is 6.58. The van der Waals surface area contributed by atoms with Crippen LogP contribution >= 0.6 is 0 Å². The summed E-state index contributed by atoms with van der Waals surface area (Å²) in [7, 11) is 0. The van der Waals surface area contributed by atoms with Gasteiger partial charge in [-0.25, -0.2) is 0 Å². The largest absolute Gasteiger partial charge is 0.374 e. The van der Waals surface area contributed by atoms with Gasteiger partial charge in [0.05, 0.1) is 11.6 Å². The van der Waals surface area contributed by atoms with Crippen LogP contribution in [0.1, 0.15) is 37.8 Å². The highest BCUT2D eigenvalue weighted by Crippen LogP contribution is 2.20. The Balaban J connectivity index is 1.84. The fraction of sp³-hybridized carbons (Fsp3) is 0.450. The van der Waals surface area contributed by atoms with Gasteiger partial charge in [-0.05, 0) is 55.0 Å². The number of likely N-dealkylation sites (N-methyl/N-ethyl adjacent to an activating group) is 1. The number of aryl methyl sites for hydroxylation is 1. The molecule has 2 rings (SSSR count). The molecule has 0 saturated heterocycles. The van der Waals surface area contributed by atoms with E-state index in [2.05, 4.69) is 43.0 Å². The quantitative estimate of drug-likeness (QED) is 0.782. The second-order valence-electron chi connectivity index (χ2n) is 6.19. The number of allylic oxidation sites excluding steroid dienone is 2. The molecule has 0 aliphatic heterocycles. The number of benzene rings is 1. The van der Waals surface area contributed by atoms with E-state index in [1.54, 1.807) is 0 Å². The van der Waals surface area contributed by atoms with Crippen molar-refractivity contribution in [2.75, 3.05) is 13.1 Å². The zero-order chi connectivity index (χ0) is 16.7. The van der Waals surface area contributed by atoms with Crippen molar-refractivity contribution in [3.63, 3.8) is 0 Å². The molecule has 122 valence electrons. The summed E-state index contributed by atoms with van der Waals surface area (Å²) in [6.07, 6.45) is 8.82. The Labute approximate surface area is 139 Å². The van der Waals surface area contributed by atoms with Crippen LogP contribution in [0.15, 0.2) is 48.1 Å². The van der Waals surface area contributed by atoms with Gasteiger partial charge in [-0.3, -0.25) is 4.90 Å². The van der Waals surface area contributed by atoms with Gasteiger partial charge in [-0.2, -0.15) is 5.26 Å². The summed E-state index contributed by atoms with van der Waals surface area (Å²) >= 11 is 0. The molecule has 1 aromatic carbocycles. The SMILES string of the molecule is CCN(CCCc1ccc(C#N)cc1)C(O)C1=CCC(C)C=C1. The van der Waals surface area contributed by atoms with Crippen molar-refractivity contribution in [3.8, 4) is 6.07 Å². The topological polar surface area (TPSA) is 47.3 Å². The lowest BCUT2D eigenvalue weighted by Crippen LogP contribution is -2.37. The molecule has 1 N–H and O–H groups in total. The first-order valence-electron chi connectivity index (χ1n) is 8.43. The first-order valence-corrected chi connectivity index (χ1v) is 8.43. The van der Waals surface area contributed by atoms with Crippen LogP contribution in [0.4, 0.5) is 0 Å². The highest BCUT2D eigenvalue weighted by Gasteiger charge is 2.18. The molecule has 0 amide bonds. The lowest BCUT2D eigenvalue weighted by Gasteiger charge is -2.28. The summed E-state index contributed by atoms with van der Waals surface area (Å²) < 4.78 is 0. The van der Waals surface area contributed by atoms with Gasteiger partial charge in [0.25, 0.3) is 0 Å². The molecular weight excluding hydrogens is 284 g/mol. The molecule has 0 aromatic heterocycles. The van der Waals surface area contributed by atoms with Crippen LogP contribution in [0.5, 0.6) is 0 Å². The standard InChI is InChI=1S/C20H26N2O/c1-3-22(20(23)19-12-6-16(2)7-13-19)14-4-5-17-8-10-18(15-21)11-9-17/h6,8-13,16,20,23H,3-5,7,14H2,1-2H3. The van der Waals surface area contributed by atoms with E-state index in [0.717, 1.165) is 37.9 Å². The Hall–Kier alpha value is -1.89. The molecule has 0 fully saturated rings. The second-order valence-corrected chi connectivity index (χ2v) is 6.19. The molecule has 1 aliphatic rings. The summed E-state index contributed by atoms with van der Waals surface area (Å²) in [4.78, 5) is 2.11. The minimum Gasteiger partial charge on any atom is -0.374 e. The van der Waals surface area contributed by atoms with E-state index in [1.807, 2.05) is 24.3 Å². The first-order chi connectivity index (χ1) is 11.1. The third-order valence-corrected chi connectivity index (χ3v) is 4.39. The molecule has 3 nitrogen and oxygen atoms in total. The summed E-state index contributed by atoms with van der Waals surface area (Å²) in [5.74, 6) is 0.567. The molecule has 2 unspecified atom stereocenters. The summed E-state index contributed by atoms with van der Waals surface area (Å²) in [5.41, 5.74) is 2.95. The number of nitriles is 1. The van der Waals surface area contributed by atoms with Crippen LogP contribution in [0.3, 0.4) is 0 Å². The predicted octanol–water partition coefficient (Wildman–Crippen LogP) is 3.65. The van der Waals surface area contributed by atoms with Crippen molar-refractivity contribution in [2.24, 2.45) is 5.92 Å². The summed E-state index contributed by atoms with van der Waals surface area (Å²) in [6, 6.07) is 9.89. The van der Waals surface area contributed by atoms with Gasteiger partial charge in [0.15, 0.2) is 0 Å². The van der Waals surface area contributed by atoms with Crippen LogP contribution in [-0.2, 0) is 6.42 Å². The summed E-state index contributed by atoms with van der Waals surface area (Å²) in [5, 5.41) is 19.4. The monoisotopic (exact) mass is 310 g/mol. The number of nitrogens with zero attached hydrogens (tertiary/aromatic N) is 2. The third-order valence-electron chi connectivity index (χ3n) is 4.39. The number of aliphatic hydroxyl groups excluding tert-OH is 1. The fourth-order valence-corrected chi connectivity index (χ4v) is 2.83. The van der Waals surface area contributed by atoms with Crippen molar-refractivity contribution in [1.82, 2.24) is 4.90 Å². The maximum absolute atomic E-state index is 10.6. The molecule has 1 aromatic rings. The number of aliphatic hydroxyl groups is 1. The Morgan fingerprint density at radius 3 is 2.65 bits per heavy atom. The molecule has 2 atom stereocenters. The maximum atomic E-state index is 10.6. The lowest BCUT2D eigenvalue weighted by molar-refractivity contribution is 0.0378. The lowest BCUT2D eigenvalue weighted by atomic mass is 9.97. The number of rotatable bonds is 7. The highest BCUT2D eigenvalue weighted by molar-refractivity contribution is 5.31. The second kappa shape index (κ2) is 8.67. The molecular formula is C20H26N2O. The molecule has 0 spiro atoms. The highest BCUT2D eigenvalue weighted by atomic mass is 16.3. The van der Waals surface area contributed by atoms with Crippen LogP contribution in [-0.4, -0.2) is 29.3 Å². The van der Waals surface area contributed by atoms with E-state index < -0.39 is 6.23 Å². The Morgan fingerprint density at radius 1 is 1.35 bits per heavy atom. The zero-order valence-electron chi connectivity index (χ0n) is 14.1.